The van der Waals surface area contributed by atoms with Crippen molar-refractivity contribution in [1.29, 1.82) is 0 Å². The number of aromatic nitrogens is 1. The van der Waals surface area contributed by atoms with Crippen molar-refractivity contribution in [1.82, 2.24) is 4.98 Å². The Morgan fingerprint density at radius 2 is 2.22 bits per heavy atom. The van der Waals surface area contributed by atoms with Crippen LogP contribution in [0.5, 0.6) is 0 Å². The van der Waals surface area contributed by atoms with Crippen LogP contribution in [0.25, 0.3) is 0 Å². The summed E-state index contributed by atoms with van der Waals surface area (Å²) in [5, 5.41) is 0. The Hall–Kier alpha value is -1.56. The van der Waals surface area contributed by atoms with Gasteiger partial charge in [-0.15, -0.1) is 0 Å². The van der Waals surface area contributed by atoms with Crippen LogP contribution in [0.3, 0.4) is 0 Å². The van der Waals surface area contributed by atoms with Gasteiger partial charge in [0, 0.05) is 13.1 Å². The van der Waals surface area contributed by atoms with E-state index in [0.717, 1.165) is 25.9 Å². The quantitative estimate of drug-likeness (QED) is 0.754. The van der Waals surface area contributed by atoms with Crippen molar-refractivity contribution >= 4 is 12.0 Å². The molecule has 2 saturated heterocycles. The maximum Gasteiger partial charge on any atom is 0.360 e. The summed E-state index contributed by atoms with van der Waals surface area (Å²) in [6.07, 6.45) is 4.06. The van der Waals surface area contributed by atoms with Gasteiger partial charge in [0.25, 0.3) is 6.01 Å². The van der Waals surface area contributed by atoms with Gasteiger partial charge in [-0.1, -0.05) is 0 Å². The predicted octanol–water partition coefficient (Wildman–Crippen LogP) is 1.22. The second-order valence-electron chi connectivity index (χ2n) is 4.60. The summed E-state index contributed by atoms with van der Waals surface area (Å²) in [6, 6.07) is 0.484. The van der Waals surface area contributed by atoms with Gasteiger partial charge in [-0.25, -0.2) is 4.79 Å². The topological polar surface area (TPSA) is 64.8 Å². The lowest BCUT2D eigenvalue weighted by molar-refractivity contribution is 0.0288. The first-order chi connectivity index (χ1) is 8.76. The van der Waals surface area contributed by atoms with Crippen LogP contribution in [0.1, 0.15) is 30.3 Å². The highest BCUT2D eigenvalue weighted by atomic mass is 16.5. The van der Waals surface area contributed by atoms with E-state index in [-0.39, 0.29) is 17.9 Å². The van der Waals surface area contributed by atoms with Crippen LogP contribution in [-0.4, -0.2) is 42.9 Å². The van der Waals surface area contributed by atoms with Crippen molar-refractivity contribution in [2.45, 2.75) is 32.0 Å². The highest BCUT2D eigenvalue weighted by Gasteiger charge is 2.35. The zero-order chi connectivity index (χ0) is 12.5. The molecule has 0 radical (unpaired) electrons. The molecule has 6 heteroatoms. The van der Waals surface area contributed by atoms with Gasteiger partial charge in [-0.05, 0) is 19.8 Å². The van der Waals surface area contributed by atoms with Gasteiger partial charge in [0.1, 0.15) is 6.26 Å². The number of ether oxygens (including phenoxy) is 2. The van der Waals surface area contributed by atoms with Crippen molar-refractivity contribution in [3.8, 4) is 0 Å². The Kier molecular flexibility index (Phi) is 2.95. The molecule has 2 aliphatic rings. The van der Waals surface area contributed by atoms with Crippen LogP contribution in [0.2, 0.25) is 0 Å². The normalized spacial score (nSPS) is 26.4. The second-order valence-corrected chi connectivity index (χ2v) is 4.60. The summed E-state index contributed by atoms with van der Waals surface area (Å²) in [5.74, 6) is -0.441. The lowest BCUT2D eigenvalue weighted by atomic mass is 10.2. The SMILES string of the molecule is CCOC(=O)c1coc(N2CC3CCC(C2)O3)n1. The number of carbonyl (C=O) groups excluding carboxylic acids is 1. The van der Waals surface area contributed by atoms with Crippen LogP contribution >= 0.6 is 0 Å². The highest BCUT2D eigenvalue weighted by molar-refractivity contribution is 5.87. The summed E-state index contributed by atoms with van der Waals surface area (Å²) in [6.45, 7) is 3.65. The average molecular weight is 252 g/mol. The van der Waals surface area contributed by atoms with E-state index in [4.69, 9.17) is 13.9 Å². The zero-order valence-electron chi connectivity index (χ0n) is 10.3. The van der Waals surface area contributed by atoms with Gasteiger partial charge < -0.3 is 18.8 Å². The number of anilines is 1. The largest absolute Gasteiger partial charge is 0.461 e. The molecule has 1 aromatic rings. The number of hydrogen-bond acceptors (Lipinski definition) is 6. The summed E-state index contributed by atoms with van der Waals surface area (Å²) < 4.78 is 16.0. The Bertz CT molecular complexity index is 433. The number of rotatable bonds is 3. The Morgan fingerprint density at radius 3 is 2.89 bits per heavy atom. The number of esters is 1. The fourth-order valence-corrected chi connectivity index (χ4v) is 2.48. The third-order valence-electron chi connectivity index (χ3n) is 3.29. The van der Waals surface area contributed by atoms with Gasteiger partial charge in [0.05, 0.1) is 18.8 Å². The molecule has 0 amide bonds. The molecule has 0 N–H and O–H groups in total. The standard InChI is InChI=1S/C12H16N2O4/c1-2-16-11(15)10-7-17-12(13-10)14-5-8-3-4-9(6-14)18-8/h7-9H,2-6H2,1H3. The van der Waals surface area contributed by atoms with E-state index >= 15 is 0 Å². The Balaban J connectivity index is 1.71. The smallest absolute Gasteiger partial charge is 0.360 e. The van der Waals surface area contributed by atoms with Gasteiger partial charge in [0.15, 0.2) is 5.69 Å². The van der Waals surface area contributed by atoms with Crippen molar-refractivity contribution in [3.63, 3.8) is 0 Å². The molecule has 0 spiro atoms. The molecule has 3 rings (SSSR count). The minimum absolute atomic E-state index is 0.227. The number of morpholine rings is 1. The van der Waals surface area contributed by atoms with Gasteiger partial charge in [-0.2, -0.15) is 4.98 Å². The van der Waals surface area contributed by atoms with E-state index in [9.17, 15) is 4.79 Å². The zero-order valence-corrected chi connectivity index (χ0v) is 10.3. The maximum atomic E-state index is 11.5. The van der Waals surface area contributed by atoms with E-state index in [1.165, 1.54) is 6.26 Å². The molecule has 2 atom stereocenters. The van der Waals surface area contributed by atoms with E-state index in [2.05, 4.69) is 4.98 Å². The fraction of sp³-hybridized carbons (Fsp3) is 0.667. The molecule has 18 heavy (non-hydrogen) atoms. The number of nitrogens with zero attached hydrogens (tertiary/aromatic N) is 2. The third kappa shape index (κ3) is 2.08. The second kappa shape index (κ2) is 4.61. The van der Waals surface area contributed by atoms with E-state index < -0.39 is 5.97 Å². The lowest BCUT2D eigenvalue weighted by Crippen LogP contribution is -2.42. The van der Waals surface area contributed by atoms with E-state index in [1.54, 1.807) is 6.92 Å². The first-order valence-corrected chi connectivity index (χ1v) is 6.29. The minimum atomic E-state index is -0.441. The van der Waals surface area contributed by atoms with Crippen LogP contribution in [0, 0.1) is 0 Å². The molecule has 1 aromatic heterocycles. The molecule has 0 aromatic carbocycles. The van der Waals surface area contributed by atoms with Gasteiger partial charge in [-0.3, -0.25) is 0 Å². The molecule has 2 aliphatic heterocycles. The van der Waals surface area contributed by atoms with Gasteiger partial charge >= 0.3 is 5.97 Å². The van der Waals surface area contributed by atoms with Crippen molar-refractivity contribution < 1.29 is 18.7 Å². The molecule has 0 saturated carbocycles. The molecular formula is C12H16N2O4. The van der Waals surface area contributed by atoms with Crippen LogP contribution in [-0.2, 0) is 9.47 Å². The first kappa shape index (κ1) is 11.5. The van der Waals surface area contributed by atoms with Gasteiger partial charge in [0.2, 0.25) is 0 Å². The van der Waals surface area contributed by atoms with Crippen molar-refractivity contribution in [2.75, 3.05) is 24.6 Å². The van der Waals surface area contributed by atoms with E-state index in [1.807, 2.05) is 4.90 Å². The Morgan fingerprint density at radius 1 is 1.50 bits per heavy atom. The molecule has 2 bridgehead atoms. The Labute approximate surface area is 105 Å². The molecule has 2 fully saturated rings. The minimum Gasteiger partial charge on any atom is -0.461 e. The van der Waals surface area contributed by atoms with E-state index in [0.29, 0.717) is 12.6 Å². The number of hydrogen-bond donors (Lipinski definition) is 0. The summed E-state index contributed by atoms with van der Waals surface area (Å²) in [4.78, 5) is 17.7. The predicted molar refractivity (Wildman–Crippen MR) is 62.6 cm³/mol. The summed E-state index contributed by atoms with van der Waals surface area (Å²) in [5.41, 5.74) is 0.227. The molecular weight excluding hydrogens is 236 g/mol. The molecule has 3 heterocycles. The molecule has 6 nitrogen and oxygen atoms in total. The first-order valence-electron chi connectivity index (χ1n) is 6.29. The van der Waals surface area contributed by atoms with Crippen LogP contribution in [0.4, 0.5) is 6.01 Å². The maximum absolute atomic E-state index is 11.5. The molecule has 2 unspecified atom stereocenters. The van der Waals surface area contributed by atoms with Crippen molar-refractivity contribution in [3.05, 3.63) is 12.0 Å². The van der Waals surface area contributed by atoms with Crippen molar-refractivity contribution in [2.24, 2.45) is 0 Å². The monoisotopic (exact) mass is 252 g/mol. The lowest BCUT2D eigenvalue weighted by Gasteiger charge is -2.30. The fourth-order valence-electron chi connectivity index (χ4n) is 2.48. The summed E-state index contributed by atoms with van der Waals surface area (Å²) >= 11 is 0. The number of fused-ring (bicyclic) bond motifs is 2. The molecule has 98 valence electrons. The summed E-state index contributed by atoms with van der Waals surface area (Å²) in [7, 11) is 0. The number of carbonyl (C=O) groups is 1. The van der Waals surface area contributed by atoms with Crippen LogP contribution in [0.15, 0.2) is 10.7 Å². The van der Waals surface area contributed by atoms with Crippen LogP contribution < -0.4 is 4.90 Å². The average Bonchev–Trinajstić information content (AvgIpc) is 2.97. The third-order valence-corrected chi connectivity index (χ3v) is 3.29. The molecule has 0 aliphatic carbocycles. The number of oxazole rings is 1. The highest BCUT2D eigenvalue weighted by Crippen LogP contribution is 2.29.